The molecule has 2 N–H and O–H groups in total. The van der Waals surface area contributed by atoms with Crippen molar-refractivity contribution in [2.75, 3.05) is 10.6 Å². The predicted octanol–water partition coefficient (Wildman–Crippen LogP) is 4.71. The van der Waals surface area contributed by atoms with E-state index in [1.54, 1.807) is 12.3 Å². The van der Waals surface area contributed by atoms with Crippen LogP contribution in [0.3, 0.4) is 0 Å². The summed E-state index contributed by atoms with van der Waals surface area (Å²) in [6.07, 6.45) is 1.58. The number of amides is 1. The zero-order chi connectivity index (χ0) is 18.7. The number of para-hydroxylation sites is 1. The van der Waals surface area contributed by atoms with Gasteiger partial charge in [0.1, 0.15) is 5.69 Å². The van der Waals surface area contributed by atoms with Crippen LogP contribution < -0.4 is 10.6 Å². The SMILES string of the molecule is Cc1ccc(Nc2nccc(C(=O)Nc3c(C)cccc3C)n2)cc1C. The number of carbonyl (C=O) groups excluding carboxylic acids is 1. The van der Waals surface area contributed by atoms with Gasteiger partial charge in [-0.1, -0.05) is 24.3 Å². The van der Waals surface area contributed by atoms with Gasteiger partial charge in [0.05, 0.1) is 0 Å². The first-order valence-corrected chi connectivity index (χ1v) is 8.49. The molecule has 3 rings (SSSR count). The van der Waals surface area contributed by atoms with Crippen molar-refractivity contribution < 1.29 is 4.79 Å². The highest BCUT2D eigenvalue weighted by Crippen LogP contribution is 2.21. The van der Waals surface area contributed by atoms with E-state index in [-0.39, 0.29) is 5.91 Å². The van der Waals surface area contributed by atoms with Crippen LogP contribution in [-0.2, 0) is 0 Å². The molecule has 0 aliphatic rings. The standard InChI is InChI=1S/C21H22N4O/c1-13-8-9-17(12-16(13)4)23-21-22-11-10-18(24-21)20(26)25-19-14(2)6-5-7-15(19)3/h5-12H,1-4H3,(H,25,26)(H,22,23,24). The van der Waals surface area contributed by atoms with Crippen molar-refractivity contribution in [3.8, 4) is 0 Å². The van der Waals surface area contributed by atoms with Gasteiger partial charge in [-0.05, 0) is 68.1 Å². The molecule has 132 valence electrons. The zero-order valence-corrected chi connectivity index (χ0v) is 15.4. The second-order valence-electron chi connectivity index (χ2n) is 6.41. The molecule has 1 aromatic heterocycles. The summed E-state index contributed by atoms with van der Waals surface area (Å²) in [4.78, 5) is 21.1. The van der Waals surface area contributed by atoms with Gasteiger partial charge in [-0.3, -0.25) is 4.79 Å². The minimum atomic E-state index is -0.257. The normalized spacial score (nSPS) is 10.5. The fourth-order valence-corrected chi connectivity index (χ4v) is 2.68. The van der Waals surface area contributed by atoms with E-state index in [4.69, 9.17) is 0 Å². The van der Waals surface area contributed by atoms with Gasteiger partial charge in [0.2, 0.25) is 5.95 Å². The summed E-state index contributed by atoms with van der Waals surface area (Å²) in [5.41, 5.74) is 6.45. The van der Waals surface area contributed by atoms with Crippen LogP contribution in [0.25, 0.3) is 0 Å². The van der Waals surface area contributed by atoms with Crippen LogP contribution in [0.1, 0.15) is 32.7 Å². The molecule has 0 aliphatic heterocycles. The smallest absolute Gasteiger partial charge is 0.274 e. The van der Waals surface area contributed by atoms with Gasteiger partial charge < -0.3 is 10.6 Å². The number of carbonyl (C=O) groups is 1. The number of benzene rings is 2. The summed E-state index contributed by atoms with van der Waals surface area (Å²) in [5.74, 6) is 0.135. The maximum Gasteiger partial charge on any atom is 0.274 e. The molecule has 5 heteroatoms. The van der Waals surface area contributed by atoms with E-state index in [0.717, 1.165) is 22.5 Å². The Bertz CT molecular complexity index is 946. The molecule has 2 aromatic carbocycles. The number of nitrogens with one attached hydrogen (secondary N) is 2. The van der Waals surface area contributed by atoms with Crippen molar-refractivity contribution >= 4 is 23.2 Å². The van der Waals surface area contributed by atoms with Gasteiger partial charge in [-0.25, -0.2) is 9.97 Å². The Hall–Kier alpha value is -3.21. The van der Waals surface area contributed by atoms with Gasteiger partial charge >= 0.3 is 0 Å². The molecule has 0 aliphatic carbocycles. The van der Waals surface area contributed by atoms with E-state index < -0.39 is 0 Å². The van der Waals surface area contributed by atoms with Crippen molar-refractivity contribution in [2.24, 2.45) is 0 Å². The predicted molar refractivity (Wildman–Crippen MR) is 105 cm³/mol. The summed E-state index contributed by atoms with van der Waals surface area (Å²) in [6, 6.07) is 13.5. The Balaban J connectivity index is 1.80. The third-order valence-electron chi connectivity index (χ3n) is 4.37. The molecule has 1 amide bonds. The van der Waals surface area contributed by atoms with Crippen molar-refractivity contribution in [1.29, 1.82) is 0 Å². The molecule has 26 heavy (non-hydrogen) atoms. The van der Waals surface area contributed by atoms with Gasteiger partial charge in [-0.15, -0.1) is 0 Å². The Labute approximate surface area is 153 Å². The van der Waals surface area contributed by atoms with Crippen LogP contribution in [0.5, 0.6) is 0 Å². The quantitative estimate of drug-likeness (QED) is 0.718. The van der Waals surface area contributed by atoms with E-state index in [2.05, 4.69) is 34.4 Å². The average molecular weight is 346 g/mol. The van der Waals surface area contributed by atoms with E-state index in [9.17, 15) is 4.79 Å². The van der Waals surface area contributed by atoms with Crippen molar-refractivity contribution in [2.45, 2.75) is 27.7 Å². The minimum absolute atomic E-state index is 0.257. The van der Waals surface area contributed by atoms with Crippen LogP contribution in [-0.4, -0.2) is 15.9 Å². The highest BCUT2D eigenvalue weighted by atomic mass is 16.1. The number of anilines is 3. The first-order valence-electron chi connectivity index (χ1n) is 8.49. The zero-order valence-electron chi connectivity index (χ0n) is 15.4. The molecule has 0 saturated carbocycles. The fraction of sp³-hybridized carbons (Fsp3) is 0.190. The van der Waals surface area contributed by atoms with Crippen LogP contribution in [0, 0.1) is 27.7 Å². The summed E-state index contributed by atoms with van der Waals surface area (Å²) in [5, 5.41) is 6.10. The van der Waals surface area contributed by atoms with Crippen LogP contribution in [0.4, 0.5) is 17.3 Å². The Morgan fingerprint density at radius 2 is 1.62 bits per heavy atom. The molecule has 0 bridgehead atoms. The minimum Gasteiger partial charge on any atom is -0.324 e. The molecule has 0 spiro atoms. The van der Waals surface area contributed by atoms with Crippen LogP contribution >= 0.6 is 0 Å². The summed E-state index contributed by atoms with van der Waals surface area (Å²) < 4.78 is 0. The summed E-state index contributed by atoms with van der Waals surface area (Å²) in [7, 11) is 0. The van der Waals surface area contributed by atoms with Crippen molar-refractivity contribution in [3.05, 3.63) is 76.6 Å². The van der Waals surface area contributed by atoms with Crippen molar-refractivity contribution in [3.63, 3.8) is 0 Å². The topological polar surface area (TPSA) is 66.9 Å². The van der Waals surface area contributed by atoms with Gasteiger partial charge in [-0.2, -0.15) is 0 Å². The molecule has 1 heterocycles. The van der Waals surface area contributed by atoms with E-state index in [1.807, 2.05) is 50.2 Å². The second-order valence-corrected chi connectivity index (χ2v) is 6.41. The van der Waals surface area contributed by atoms with Crippen LogP contribution in [0.15, 0.2) is 48.7 Å². The number of rotatable bonds is 4. The average Bonchev–Trinajstić information content (AvgIpc) is 2.61. The molecule has 0 unspecified atom stereocenters. The number of aryl methyl sites for hydroxylation is 4. The van der Waals surface area contributed by atoms with Crippen LogP contribution in [0.2, 0.25) is 0 Å². The highest BCUT2D eigenvalue weighted by molar-refractivity contribution is 6.03. The van der Waals surface area contributed by atoms with E-state index >= 15 is 0 Å². The molecular formula is C21H22N4O. The maximum absolute atomic E-state index is 12.6. The largest absolute Gasteiger partial charge is 0.324 e. The highest BCUT2D eigenvalue weighted by Gasteiger charge is 2.12. The summed E-state index contributed by atoms with van der Waals surface area (Å²) >= 11 is 0. The number of aromatic nitrogens is 2. The molecular weight excluding hydrogens is 324 g/mol. The third-order valence-corrected chi connectivity index (χ3v) is 4.37. The lowest BCUT2D eigenvalue weighted by Crippen LogP contribution is -2.16. The lowest BCUT2D eigenvalue weighted by Gasteiger charge is -2.12. The first kappa shape index (κ1) is 17.6. The number of hydrogen-bond acceptors (Lipinski definition) is 4. The molecule has 5 nitrogen and oxygen atoms in total. The van der Waals surface area contributed by atoms with Gasteiger partial charge in [0, 0.05) is 17.6 Å². The van der Waals surface area contributed by atoms with E-state index in [0.29, 0.717) is 11.6 Å². The Kier molecular flexibility index (Phi) is 4.98. The van der Waals surface area contributed by atoms with Gasteiger partial charge in [0.15, 0.2) is 0 Å². The molecule has 3 aromatic rings. The van der Waals surface area contributed by atoms with Gasteiger partial charge in [0.25, 0.3) is 5.91 Å². The molecule has 0 radical (unpaired) electrons. The Morgan fingerprint density at radius 3 is 2.31 bits per heavy atom. The summed E-state index contributed by atoms with van der Waals surface area (Å²) in [6.45, 7) is 8.05. The van der Waals surface area contributed by atoms with Crippen molar-refractivity contribution in [1.82, 2.24) is 9.97 Å². The fourth-order valence-electron chi connectivity index (χ4n) is 2.68. The lowest BCUT2D eigenvalue weighted by atomic mass is 10.1. The maximum atomic E-state index is 12.6. The molecule has 0 fully saturated rings. The first-order chi connectivity index (χ1) is 12.4. The third kappa shape index (κ3) is 3.88. The molecule has 0 saturated heterocycles. The second kappa shape index (κ2) is 7.35. The monoisotopic (exact) mass is 346 g/mol. The number of nitrogens with zero attached hydrogens (tertiary/aromatic N) is 2. The lowest BCUT2D eigenvalue weighted by molar-refractivity contribution is 0.102. The molecule has 0 atom stereocenters. The van der Waals surface area contributed by atoms with E-state index in [1.165, 1.54) is 11.1 Å². The number of hydrogen-bond donors (Lipinski definition) is 2. The Morgan fingerprint density at radius 1 is 0.885 bits per heavy atom.